The van der Waals surface area contributed by atoms with Gasteiger partial charge in [0.25, 0.3) is 5.56 Å². The largest absolute Gasteiger partial charge is 0.354 e. The van der Waals surface area contributed by atoms with Gasteiger partial charge in [-0.2, -0.15) is 0 Å². The Balaban J connectivity index is 1.62. The smallest absolute Gasteiger partial charge is 0.262 e. The minimum Gasteiger partial charge on any atom is -0.354 e. The van der Waals surface area contributed by atoms with Crippen LogP contribution < -0.4 is 10.9 Å². The molecule has 0 aliphatic rings. The van der Waals surface area contributed by atoms with E-state index < -0.39 is 0 Å². The molecule has 1 aromatic carbocycles. The van der Waals surface area contributed by atoms with E-state index in [9.17, 15) is 9.59 Å². The number of rotatable bonds is 5. The molecule has 0 aliphatic heterocycles. The number of amides is 1. The highest BCUT2D eigenvalue weighted by Crippen LogP contribution is 2.14. The van der Waals surface area contributed by atoms with E-state index in [1.807, 2.05) is 35.7 Å². The molecule has 5 nitrogen and oxygen atoms in total. The van der Waals surface area contributed by atoms with Crippen LogP contribution in [-0.4, -0.2) is 22.0 Å². The van der Waals surface area contributed by atoms with Crippen LogP contribution in [-0.2, 0) is 11.3 Å². The number of carbonyl (C=O) groups excluding carboxylic acids is 1. The molecule has 3 rings (SSSR count). The van der Waals surface area contributed by atoms with Crippen molar-refractivity contribution in [3.05, 3.63) is 64.0 Å². The van der Waals surface area contributed by atoms with Crippen molar-refractivity contribution >= 4 is 27.5 Å². The van der Waals surface area contributed by atoms with E-state index in [0.717, 1.165) is 0 Å². The van der Waals surface area contributed by atoms with Gasteiger partial charge in [0, 0.05) is 6.54 Å². The number of aromatic nitrogens is 2. The second-order valence-electron chi connectivity index (χ2n) is 5.43. The molecule has 0 unspecified atom stereocenters. The summed E-state index contributed by atoms with van der Waals surface area (Å²) in [5.74, 6) is 0.0283. The van der Waals surface area contributed by atoms with Crippen molar-refractivity contribution < 1.29 is 4.79 Å². The minimum atomic E-state index is -0.189. The number of fused-ring (bicyclic) bond motifs is 1. The Labute approximate surface area is 137 Å². The summed E-state index contributed by atoms with van der Waals surface area (Å²) in [6, 6.07) is 11.7. The third-order valence-corrected chi connectivity index (χ3v) is 4.56. The summed E-state index contributed by atoms with van der Waals surface area (Å²) in [6.45, 7) is 2.58. The van der Waals surface area contributed by atoms with Crippen LogP contribution in [0.3, 0.4) is 0 Å². The maximum absolute atomic E-state index is 12.2. The number of hydrogen-bond acceptors (Lipinski definition) is 4. The molecule has 0 radical (unpaired) electrons. The van der Waals surface area contributed by atoms with E-state index in [1.165, 1.54) is 27.8 Å². The van der Waals surface area contributed by atoms with E-state index in [1.54, 1.807) is 6.07 Å². The van der Waals surface area contributed by atoms with Crippen molar-refractivity contribution in [1.29, 1.82) is 0 Å². The Morgan fingerprint density at radius 3 is 2.87 bits per heavy atom. The first-order valence-corrected chi connectivity index (χ1v) is 8.27. The van der Waals surface area contributed by atoms with E-state index in [2.05, 4.69) is 17.2 Å². The first kappa shape index (κ1) is 15.4. The Morgan fingerprint density at radius 1 is 1.30 bits per heavy atom. The SMILES string of the molecule is C[C@@H](CNC(=O)Cn1cnc2sccc2c1=O)c1ccccc1. The summed E-state index contributed by atoms with van der Waals surface area (Å²) < 4.78 is 1.34. The number of thiophene rings is 1. The maximum atomic E-state index is 12.2. The standard InChI is InChI=1S/C17H17N3O2S/c1-12(13-5-3-2-4-6-13)9-18-15(21)10-20-11-19-16-14(17(20)22)7-8-23-16/h2-8,11-12H,9-10H2,1H3,(H,18,21)/t12-/m0/s1. The normalized spacial score (nSPS) is 12.2. The first-order chi connectivity index (χ1) is 11.1. The Bertz CT molecular complexity index is 870. The first-order valence-electron chi connectivity index (χ1n) is 7.39. The van der Waals surface area contributed by atoms with Gasteiger partial charge in [-0.05, 0) is 22.9 Å². The lowest BCUT2D eigenvalue weighted by molar-refractivity contribution is -0.121. The predicted octanol–water partition coefficient (Wildman–Crippen LogP) is 2.38. The summed E-state index contributed by atoms with van der Waals surface area (Å²) in [7, 11) is 0. The Kier molecular flexibility index (Phi) is 4.52. The molecule has 0 saturated carbocycles. The van der Waals surface area contributed by atoms with Crippen LogP contribution in [0.1, 0.15) is 18.4 Å². The molecule has 0 aliphatic carbocycles. The molecule has 118 valence electrons. The van der Waals surface area contributed by atoms with E-state index >= 15 is 0 Å². The van der Waals surface area contributed by atoms with Crippen LogP contribution in [0.15, 0.2) is 52.9 Å². The van der Waals surface area contributed by atoms with Gasteiger partial charge in [0.15, 0.2) is 0 Å². The van der Waals surface area contributed by atoms with Gasteiger partial charge in [-0.15, -0.1) is 11.3 Å². The van der Waals surface area contributed by atoms with Gasteiger partial charge in [-0.25, -0.2) is 4.98 Å². The fourth-order valence-electron chi connectivity index (χ4n) is 2.38. The van der Waals surface area contributed by atoms with E-state index in [4.69, 9.17) is 0 Å². The minimum absolute atomic E-state index is 0.0148. The number of nitrogens with zero attached hydrogens (tertiary/aromatic N) is 2. The van der Waals surface area contributed by atoms with Crippen molar-refractivity contribution in [2.24, 2.45) is 0 Å². The highest BCUT2D eigenvalue weighted by atomic mass is 32.1. The zero-order valence-electron chi connectivity index (χ0n) is 12.7. The zero-order valence-corrected chi connectivity index (χ0v) is 13.5. The van der Waals surface area contributed by atoms with Crippen LogP contribution in [0.5, 0.6) is 0 Å². The Hall–Kier alpha value is -2.47. The van der Waals surface area contributed by atoms with Gasteiger partial charge in [-0.3, -0.25) is 14.2 Å². The predicted molar refractivity (Wildman–Crippen MR) is 91.7 cm³/mol. The highest BCUT2D eigenvalue weighted by molar-refractivity contribution is 7.16. The number of nitrogens with one attached hydrogen (secondary N) is 1. The molecule has 0 fully saturated rings. The van der Waals surface area contributed by atoms with Crippen molar-refractivity contribution in [2.75, 3.05) is 6.54 Å². The number of carbonyl (C=O) groups is 1. The van der Waals surface area contributed by atoms with Gasteiger partial charge in [-0.1, -0.05) is 37.3 Å². The van der Waals surface area contributed by atoms with Gasteiger partial charge in [0.1, 0.15) is 11.4 Å². The fraction of sp³-hybridized carbons (Fsp3) is 0.235. The fourth-order valence-corrected chi connectivity index (χ4v) is 3.11. The lowest BCUT2D eigenvalue weighted by atomic mass is 10.0. The van der Waals surface area contributed by atoms with Gasteiger partial charge >= 0.3 is 0 Å². The Morgan fingerprint density at radius 2 is 2.09 bits per heavy atom. The van der Waals surface area contributed by atoms with Crippen molar-refractivity contribution in [3.63, 3.8) is 0 Å². The number of hydrogen-bond donors (Lipinski definition) is 1. The molecule has 1 N–H and O–H groups in total. The molecule has 6 heteroatoms. The molecule has 0 bridgehead atoms. The molecule has 1 amide bonds. The molecule has 3 aromatic rings. The van der Waals surface area contributed by atoms with Crippen molar-refractivity contribution in [2.45, 2.75) is 19.4 Å². The summed E-state index contributed by atoms with van der Waals surface area (Å²) in [6.07, 6.45) is 1.43. The lowest BCUT2D eigenvalue weighted by Crippen LogP contribution is -2.34. The molecule has 2 heterocycles. The average Bonchev–Trinajstić information content (AvgIpc) is 3.05. The summed E-state index contributed by atoms with van der Waals surface area (Å²) in [4.78, 5) is 29.2. The monoisotopic (exact) mass is 327 g/mol. The molecule has 0 saturated heterocycles. The van der Waals surface area contributed by atoms with E-state index in [0.29, 0.717) is 16.8 Å². The van der Waals surface area contributed by atoms with E-state index in [-0.39, 0.29) is 23.9 Å². The van der Waals surface area contributed by atoms with Crippen LogP contribution in [0.4, 0.5) is 0 Å². The van der Waals surface area contributed by atoms with Gasteiger partial charge < -0.3 is 5.32 Å². The maximum Gasteiger partial charge on any atom is 0.262 e. The third kappa shape index (κ3) is 3.48. The van der Waals surface area contributed by atoms with Crippen LogP contribution in [0, 0.1) is 0 Å². The highest BCUT2D eigenvalue weighted by Gasteiger charge is 2.10. The summed E-state index contributed by atoms with van der Waals surface area (Å²) in [5, 5.41) is 5.26. The molecule has 0 spiro atoms. The second-order valence-corrected chi connectivity index (χ2v) is 6.33. The summed E-state index contributed by atoms with van der Waals surface area (Å²) >= 11 is 1.42. The van der Waals surface area contributed by atoms with Crippen molar-refractivity contribution in [1.82, 2.24) is 14.9 Å². The summed E-state index contributed by atoms with van der Waals surface area (Å²) in [5.41, 5.74) is 0.994. The third-order valence-electron chi connectivity index (χ3n) is 3.74. The van der Waals surface area contributed by atoms with Crippen LogP contribution >= 0.6 is 11.3 Å². The lowest BCUT2D eigenvalue weighted by Gasteiger charge is -2.13. The topological polar surface area (TPSA) is 64.0 Å². The average molecular weight is 327 g/mol. The van der Waals surface area contributed by atoms with Crippen LogP contribution in [0.2, 0.25) is 0 Å². The van der Waals surface area contributed by atoms with Gasteiger partial charge in [0.2, 0.25) is 5.91 Å². The molecule has 2 aromatic heterocycles. The zero-order chi connectivity index (χ0) is 16.2. The molecule has 1 atom stereocenters. The molecule has 23 heavy (non-hydrogen) atoms. The quantitative estimate of drug-likeness (QED) is 0.782. The molecular formula is C17H17N3O2S. The molecular weight excluding hydrogens is 310 g/mol. The van der Waals surface area contributed by atoms with Crippen LogP contribution in [0.25, 0.3) is 10.2 Å². The van der Waals surface area contributed by atoms with Crippen molar-refractivity contribution in [3.8, 4) is 0 Å². The van der Waals surface area contributed by atoms with Gasteiger partial charge in [0.05, 0.1) is 11.7 Å². The second kappa shape index (κ2) is 6.75. The number of benzene rings is 1.